The maximum Gasteiger partial charge on any atom is 0.399 e. The molecule has 0 aliphatic rings. The highest BCUT2D eigenvalue weighted by atomic mass is 32.3. The third-order valence-corrected chi connectivity index (χ3v) is 8.36. The predicted octanol–water partition coefficient (Wildman–Crippen LogP) is 11.2. The molecular formula is C32H66O4S. The fourth-order valence-corrected chi connectivity index (χ4v) is 5.66. The summed E-state index contributed by atoms with van der Waals surface area (Å²) in [5, 5.41) is 0. The number of rotatable bonds is 32. The molecule has 224 valence electrons. The molecule has 5 heteroatoms. The highest BCUT2D eigenvalue weighted by Crippen LogP contribution is 2.15. The van der Waals surface area contributed by atoms with Gasteiger partial charge in [-0.05, 0) is 12.8 Å². The fraction of sp³-hybridized carbons (Fsp3) is 1.00. The average molecular weight is 547 g/mol. The van der Waals surface area contributed by atoms with Crippen LogP contribution in [0.5, 0.6) is 0 Å². The monoisotopic (exact) mass is 546 g/mol. The second-order valence-electron chi connectivity index (χ2n) is 11.2. The van der Waals surface area contributed by atoms with E-state index >= 15 is 0 Å². The lowest BCUT2D eigenvalue weighted by Gasteiger charge is -2.07. The minimum Gasteiger partial charge on any atom is -0.248 e. The van der Waals surface area contributed by atoms with E-state index in [1.165, 1.54) is 154 Å². The first-order valence-corrected chi connectivity index (χ1v) is 18.0. The second kappa shape index (κ2) is 30.4. The zero-order chi connectivity index (χ0) is 27.1. The Labute approximate surface area is 233 Å². The van der Waals surface area contributed by atoms with Crippen molar-refractivity contribution in [2.75, 3.05) is 13.2 Å². The van der Waals surface area contributed by atoms with E-state index < -0.39 is 10.4 Å². The van der Waals surface area contributed by atoms with Crippen LogP contribution < -0.4 is 0 Å². The first-order valence-electron chi connectivity index (χ1n) is 16.7. The maximum atomic E-state index is 11.9. The van der Waals surface area contributed by atoms with Crippen LogP contribution >= 0.6 is 0 Å². The van der Waals surface area contributed by atoms with Gasteiger partial charge in [0, 0.05) is 0 Å². The summed E-state index contributed by atoms with van der Waals surface area (Å²) in [4.78, 5) is 0. The molecule has 0 spiro atoms. The largest absolute Gasteiger partial charge is 0.399 e. The Balaban J connectivity index is 3.28. The van der Waals surface area contributed by atoms with Gasteiger partial charge in [0.25, 0.3) is 0 Å². The van der Waals surface area contributed by atoms with Gasteiger partial charge in [0.2, 0.25) is 0 Å². The van der Waals surface area contributed by atoms with Crippen LogP contribution in [0.1, 0.15) is 194 Å². The Hall–Kier alpha value is -0.130. The molecule has 0 aromatic heterocycles. The van der Waals surface area contributed by atoms with Gasteiger partial charge >= 0.3 is 10.4 Å². The maximum absolute atomic E-state index is 11.9. The molecule has 0 N–H and O–H groups in total. The van der Waals surface area contributed by atoms with Crippen molar-refractivity contribution in [1.82, 2.24) is 0 Å². The minimum atomic E-state index is -3.82. The van der Waals surface area contributed by atoms with E-state index in [2.05, 4.69) is 13.8 Å². The summed E-state index contributed by atoms with van der Waals surface area (Å²) in [6.45, 7) is 5.04. The van der Waals surface area contributed by atoms with Crippen molar-refractivity contribution in [3.05, 3.63) is 0 Å². The van der Waals surface area contributed by atoms with Crippen LogP contribution in [-0.4, -0.2) is 21.6 Å². The van der Waals surface area contributed by atoms with Gasteiger partial charge in [-0.25, -0.2) is 8.37 Å². The molecule has 0 unspecified atom stereocenters. The van der Waals surface area contributed by atoms with E-state index in [-0.39, 0.29) is 13.2 Å². The average Bonchev–Trinajstić information content (AvgIpc) is 2.88. The molecule has 0 aromatic rings. The normalized spacial score (nSPS) is 11.9. The summed E-state index contributed by atoms with van der Waals surface area (Å²) >= 11 is 0. The summed E-state index contributed by atoms with van der Waals surface area (Å²) < 4.78 is 33.7. The van der Waals surface area contributed by atoms with Crippen LogP contribution in [0, 0.1) is 0 Å². The first-order chi connectivity index (χ1) is 18.1. The van der Waals surface area contributed by atoms with E-state index in [1.54, 1.807) is 0 Å². The summed E-state index contributed by atoms with van der Waals surface area (Å²) in [6.07, 6.45) is 36.0. The highest BCUT2D eigenvalue weighted by Gasteiger charge is 2.11. The van der Waals surface area contributed by atoms with Gasteiger partial charge in [0.15, 0.2) is 0 Å². The zero-order valence-electron chi connectivity index (χ0n) is 25.3. The Kier molecular flexibility index (Phi) is 30.3. The lowest BCUT2D eigenvalue weighted by Crippen LogP contribution is -2.12. The molecule has 0 rings (SSSR count). The van der Waals surface area contributed by atoms with Crippen LogP contribution in [0.15, 0.2) is 0 Å². The molecule has 0 saturated heterocycles. The molecule has 0 bridgehead atoms. The Morgan fingerprint density at radius 2 is 0.514 bits per heavy atom. The van der Waals surface area contributed by atoms with Crippen molar-refractivity contribution in [2.45, 2.75) is 194 Å². The summed E-state index contributed by atoms with van der Waals surface area (Å²) in [6, 6.07) is 0. The van der Waals surface area contributed by atoms with Crippen molar-refractivity contribution in [2.24, 2.45) is 0 Å². The molecule has 0 saturated carbocycles. The molecule has 0 aliphatic heterocycles. The van der Waals surface area contributed by atoms with E-state index in [4.69, 9.17) is 8.37 Å². The van der Waals surface area contributed by atoms with Crippen molar-refractivity contribution in [3.63, 3.8) is 0 Å². The van der Waals surface area contributed by atoms with Crippen LogP contribution in [0.2, 0.25) is 0 Å². The van der Waals surface area contributed by atoms with Gasteiger partial charge in [-0.3, -0.25) is 0 Å². The fourth-order valence-electron chi connectivity index (χ4n) is 4.95. The molecule has 4 nitrogen and oxygen atoms in total. The molecule has 0 aromatic carbocycles. The summed E-state index contributed by atoms with van der Waals surface area (Å²) in [5.74, 6) is 0. The molecule has 0 amide bonds. The van der Waals surface area contributed by atoms with Crippen LogP contribution in [0.4, 0.5) is 0 Å². The Morgan fingerprint density at radius 3 is 0.730 bits per heavy atom. The standard InChI is InChI=1S/C32H66O4S/c1-3-5-7-9-11-13-15-17-19-21-23-25-27-29-31-35-37(33,34)36-32-30-28-26-24-22-20-18-16-14-12-10-8-6-4-2/h3-32H2,1-2H3. The van der Waals surface area contributed by atoms with Gasteiger partial charge in [-0.1, -0.05) is 181 Å². The van der Waals surface area contributed by atoms with Gasteiger partial charge < -0.3 is 0 Å². The predicted molar refractivity (Wildman–Crippen MR) is 161 cm³/mol. The van der Waals surface area contributed by atoms with E-state index in [9.17, 15) is 8.42 Å². The zero-order valence-corrected chi connectivity index (χ0v) is 26.1. The van der Waals surface area contributed by atoms with E-state index in [0.717, 1.165) is 25.7 Å². The molecule has 0 aliphatic carbocycles. The molecule has 0 heterocycles. The topological polar surface area (TPSA) is 52.6 Å². The summed E-state index contributed by atoms with van der Waals surface area (Å²) in [5.41, 5.74) is 0. The van der Waals surface area contributed by atoms with E-state index in [1.807, 2.05) is 0 Å². The van der Waals surface area contributed by atoms with Crippen molar-refractivity contribution < 1.29 is 16.8 Å². The summed E-state index contributed by atoms with van der Waals surface area (Å²) in [7, 11) is -3.82. The lowest BCUT2D eigenvalue weighted by molar-refractivity contribution is 0.208. The van der Waals surface area contributed by atoms with Gasteiger partial charge in [-0.2, -0.15) is 8.42 Å². The minimum absolute atomic E-state index is 0.249. The SMILES string of the molecule is CCCCCCCCCCCCCCCCOS(=O)(=O)OCCCCCCCCCCCCCCCC. The van der Waals surface area contributed by atoms with Crippen molar-refractivity contribution >= 4 is 10.4 Å². The molecule has 0 radical (unpaired) electrons. The molecule has 0 fully saturated rings. The Morgan fingerprint density at radius 1 is 0.324 bits per heavy atom. The highest BCUT2D eigenvalue weighted by molar-refractivity contribution is 7.81. The molecule has 0 atom stereocenters. The molecular weight excluding hydrogens is 480 g/mol. The number of hydrogen-bond acceptors (Lipinski definition) is 4. The third-order valence-electron chi connectivity index (χ3n) is 7.45. The second-order valence-corrected chi connectivity index (χ2v) is 12.5. The van der Waals surface area contributed by atoms with Gasteiger partial charge in [0.05, 0.1) is 13.2 Å². The Bertz CT molecular complexity index is 481. The smallest absolute Gasteiger partial charge is 0.248 e. The van der Waals surface area contributed by atoms with Crippen LogP contribution in [-0.2, 0) is 18.8 Å². The molecule has 37 heavy (non-hydrogen) atoms. The van der Waals surface area contributed by atoms with Crippen molar-refractivity contribution in [3.8, 4) is 0 Å². The van der Waals surface area contributed by atoms with Gasteiger partial charge in [-0.15, -0.1) is 0 Å². The number of hydrogen-bond donors (Lipinski definition) is 0. The van der Waals surface area contributed by atoms with Crippen LogP contribution in [0.25, 0.3) is 0 Å². The van der Waals surface area contributed by atoms with Gasteiger partial charge in [0.1, 0.15) is 0 Å². The first kappa shape index (κ1) is 36.9. The quantitative estimate of drug-likeness (QED) is 0.0787. The van der Waals surface area contributed by atoms with Crippen molar-refractivity contribution in [1.29, 1.82) is 0 Å². The van der Waals surface area contributed by atoms with E-state index in [0.29, 0.717) is 0 Å². The lowest BCUT2D eigenvalue weighted by atomic mass is 10.0. The third kappa shape index (κ3) is 32.0. The van der Waals surface area contributed by atoms with Crippen LogP contribution in [0.3, 0.4) is 0 Å². The number of unbranched alkanes of at least 4 members (excludes halogenated alkanes) is 26.